The fraction of sp³-hybridized carbons (Fsp3) is 0.350. The van der Waals surface area contributed by atoms with Gasteiger partial charge in [-0.3, -0.25) is 4.79 Å². The highest BCUT2D eigenvalue weighted by Gasteiger charge is 2.26. The molecule has 1 heterocycles. The van der Waals surface area contributed by atoms with E-state index in [1.807, 2.05) is 42.2 Å². The highest BCUT2D eigenvalue weighted by atomic mass is 16.5. The number of nitrogens with zero attached hydrogens (tertiary/aromatic N) is 2. The van der Waals surface area contributed by atoms with Crippen LogP contribution in [-0.2, 0) is 4.79 Å². The molecule has 1 saturated heterocycles. The predicted octanol–water partition coefficient (Wildman–Crippen LogP) is 3.11. The van der Waals surface area contributed by atoms with Crippen molar-refractivity contribution in [2.24, 2.45) is 0 Å². The maximum Gasteiger partial charge on any atom is 0.260 e. The number of anilines is 1. The van der Waals surface area contributed by atoms with E-state index < -0.39 is 0 Å². The summed E-state index contributed by atoms with van der Waals surface area (Å²) in [4.78, 5) is 16.7. The van der Waals surface area contributed by atoms with Gasteiger partial charge in [0.15, 0.2) is 6.61 Å². The summed E-state index contributed by atoms with van der Waals surface area (Å²) < 4.78 is 5.62. The van der Waals surface area contributed by atoms with E-state index in [2.05, 4.69) is 36.1 Å². The van der Waals surface area contributed by atoms with Gasteiger partial charge in [-0.15, -0.1) is 0 Å². The number of benzene rings is 2. The van der Waals surface area contributed by atoms with Crippen molar-refractivity contribution in [2.75, 3.05) is 31.1 Å². The van der Waals surface area contributed by atoms with Crippen LogP contribution in [0.5, 0.6) is 5.75 Å². The van der Waals surface area contributed by atoms with Gasteiger partial charge in [0.2, 0.25) is 0 Å². The average Bonchev–Trinajstić information content (AvgIpc) is 2.61. The van der Waals surface area contributed by atoms with E-state index in [0.29, 0.717) is 6.04 Å². The Balaban J connectivity index is 1.53. The van der Waals surface area contributed by atoms with Crippen molar-refractivity contribution in [3.8, 4) is 5.75 Å². The molecule has 4 nitrogen and oxygen atoms in total. The fourth-order valence-corrected chi connectivity index (χ4v) is 3.06. The normalized spacial score (nSPS) is 17.7. The Morgan fingerprint density at radius 1 is 1.08 bits per heavy atom. The number of carbonyl (C=O) groups is 1. The smallest absolute Gasteiger partial charge is 0.260 e. The molecule has 1 unspecified atom stereocenters. The van der Waals surface area contributed by atoms with Crippen molar-refractivity contribution >= 4 is 11.6 Å². The van der Waals surface area contributed by atoms with E-state index in [9.17, 15) is 4.79 Å². The second-order valence-corrected chi connectivity index (χ2v) is 6.32. The van der Waals surface area contributed by atoms with E-state index in [0.717, 1.165) is 25.4 Å². The summed E-state index contributed by atoms with van der Waals surface area (Å²) in [5.41, 5.74) is 2.40. The number of hydrogen-bond acceptors (Lipinski definition) is 3. The number of amides is 1. The number of carbonyl (C=O) groups excluding carboxylic acids is 1. The van der Waals surface area contributed by atoms with Crippen molar-refractivity contribution in [3.05, 3.63) is 60.2 Å². The molecule has 1 atom stereocenters. The van der Waals surface area contributed by atoms with Gasteiger partial charge < -0.3 is 14.5 Å². The summed E-state index contributed by atoms with van der Waals surface area (Å²) in [7, 11) is 0. The number of ether oxygens (including phenoxy) is 1. The van der Waals surface area contributed by atoms with Gasteiger partial charge in [0, 0.05) is 31.4 Å². The summed E-state index contributed by atoms with van der Waals surface area (Å²) >= 11 is 0. The molecule has 2 aromatic rings. The van der Waals surface area contributed by atoms with Gasteiger partial charge >= 0.3 is 0 Å². The van der Waals surface area contributed by atoms with E-state index in [1.54, 1.807) is 0 Å². The van der Waals surface area contributed by atoms with Crippen LogP contribution in [0.3, 0.4) is 0 Å². The molecule has 1 aliphatic rings. The zero-order valence-corrected chi connectivity index (χ0v) is 14.3. The SMILES string of the molecule is Cc1ccc(OCC(=O)N2CCN(c3ccccc3)C(C)C2)cc1. The minimum absolute atomic E-state index is 0.0511. The Bertz CT molecular complexity index is 670. The summed E-state index contributed by atoms with van der Waals surface area (Å²) in [6.07, 6.45) is 0. The molecule has 0 saturated carbocycles. The Labute approximate surface area is 143 Å². The van der Waals surface area contributed by atoms with Crippen LogP contribution in [0.2, 0.25) is 0 Å². The van der Waals surface area contributed by atoms with Crippen LogP contribution < -0.4 is 9.64 Å². The third-order valence-electron chi connectivity index (χ3n) is 4.45. The van der Waals surface area contributed by atoms with Crippen molar-refractivity contribution in [1.29, 1.82) is 0 Å². The lowest BCUT2D eigenvalue weighted by Gasteiger charge is -2.41. The van der Waals surface area contributed by atoms with Gasteiger partial charge in [0.1, 0.15) is 5.75 Å². The molecule has 1 aliphatic heterocycles. The van der Waals surface area contributed by atoms with E-state index in [-0.39, 0.29) is 12.5 Å². The Morgan fingerprint density at radius 2 is 1.79 bits per heavy atom. The largest absolute Gasteiger partial charge is 0.484 e. The van der Waals surface area contributed by atoms with Gasteiger partial charge in [-0.25, -0.2) is 0 Å². The molecule has 1 fully saturated rings. The minimum atomic E-state index is 0.0511. The first-order valence-electron chi connectivity index (χ1n) is 8.42. The Morgan fingerprint density at radius 3 is 2.46 bits per heavy atom. The standard InChI is InChI=1S/C20H24N2O2/c1-16-8-10-19(11-9-16)24-15-20(23)21-12-13-22(17(2)14-21)18-6-4-3-5-7-18/h3-11,17H,12-15H2,1-2H3. The first-order chi connectivity index (χ1) is 11.6. The topological polar surface area (TPSA) is 32.8 Å². The van der Waals surface area contributed by atoms with E-state index >= 15 is 0 Å². The molecule has 3 rings (SSSR count). The summed E-state index contributed by atoms with van der Waals surface area (Å²) in [6, 6.07) is 18.4. The maximum atomic E-state index is 12.4. The summed E-state index contributed by atoms with van der Waals surface area (Å²) in [6.45, 7) is 6.60. The zero-order chi connectivity index (χ0) is 16.9. The molecule has 1 amide bonds. The third kappa shape index (κ3) is 3.88. The number of rotatable bonds is 4. The van der Waals surface area contributed by atoms with Crippen molar-refractivity contribution in [2.45, 2.75) is 19.9 Å². The molecular weight excluding hydrogens is 300 g/mol. The lowest BCUT2D eigenvalue weighted by Crippen LogP contribution is -2.54. The number of piperazine rings is 1. The van der Waals surface area contributed by atoms with Crippen LogP contribution in [0.1, 0.15) is 12.5 Å². The van der Waals surface area contributed by atoms with Crippen molar-refractivity contribution in [1.82, 2.24) is 4.90 Å². The van der Waals surface area contributed by atoms with Crippen LogP contribution in [0.4, 0.5) is 5.69 Å². The Kier molecular flexibility index (Phi) is 5.04. The van der Waals surface area contributed by atoms with Crippen LogP contribution in [0.25, 0.3) is 0 Å². The van der Waals surface area contributed by atoms with Gasteiger partial charge in [-0.2, -0.15) is 0 Å². The van der Waals surface area contributed by atoms with Crippen molar-refractivity contribution in [3.63, 3.8) is 0 Å². The first-order valence-corrected chi connectivity index (χ1v) is 8.42. The second-order valence-electron chi connectivity index (χ2n) is 6.32. The molecule has 126 valence electrons. The van der Waals surface area contributed by atoms with Crippen LogP contribution in [0.15, 0.2) is 54.6 Å². The average molecular weight is 324 g/mol. The maximum absolute atomic E-state index is 12.4. The quantitative estimate of drug-likeness (QED) is 0.866. The van der Waals surface area contributed by atoms with Gasteiger partial charge in [-0.05, 0) is 38.1 Å². The fourth-order valence-electron chi connectivity index (χ4n) is 3.06. The molecule has 4 heteroatoms. The predicted molar refractivity (Wildman–Crippen MR) is 96.5 cm³/mol. The van der Waals surface area contributed by atoms with Crippen LogP contribution in [-0.4, -0.2) is 43.1 Å². The minimum Gasteiger partial charge on any atom is -0.484 e. The highest BCUT2D eigenvalue weighted by Crippen LogP contribution is 2.20. The third-order valence-corrected chi connectivity index (χ3v) is 4.45. The number of aryl methyl sites for hydroxylation is 1. The Hall–Kier alpha value is -2.49. The number of para-hydroxylation sites is 1. The monoisotopic (exact) mass is 324 g/mol. The number of hydrogen-bond donors (Lipinski definition) is 0. The van der Waals surface area contributed by atoms with Crippen LogP contribution >= 0.6 is 0 Å². The summed E-state index contributed by atoms with van der Waals surface area (Å²) in [5.74, 6) is 0.792. The lowest BCUT2D eigenvalue weighted by atomic mass is 10.1. The summed E-state index contributed by atoms with van der Waals surface area (Å²) in [5, 5.41) is 0. The van der Waals surface area contributed by atoms with Gasteiger partial charge in [0.25, 0.3) is 5.91 Å². The zero-order valence-electron chi connectivity index (χ0n) is 14.3. The molecule has 0 N–H and O–H groups in total. The molecule has 2 aromatic carbocycles. The van der Waals surface area contributed by atoms with Gasteiger partial charge in [0.05, 0.1) is 0 Å². The van der Waals surface area contributed by atoms with E-state index in [4.69, 9.17) is 4.74 Å². The molecule has 0 aromatic heterocycles. The van der Waals surface area contributed by atoms with E-state index in [1.165, 1.54) is 11.3 Å². The molecule has 0 aliphatic carbocycles. The first kappa shape index (κ1) is 16.4. The molecule has 0 bridgehead atoms. The van der Waals surface area contributed by atoms with Gasteiger partial charge in [-0.1, -0.05) is 35.9 Å². The molecular formula is C20H24N2O2. The molecule has 0 spiro atoms. The lowest BCUT2D eigenvalue weighted by molar-refractivity contribution is -0.134. The van der Waals surface area contributed by atoms with Crippen LogP contribution in [0, 0.1) is 6.92 Å². The second kappa shape index (κ2) is 7.39. The highest BCUT2D eigenvalue weighted by molar-refractivity contribution is 5.78. The molecule has 24 heavy (non-hydrogen) atoms. The van der Waals surface area contributed by atoms with Crippen molar-refractivity contribution < 1.29 is 9.53 Å². The molecule has 0 radical (unpaired) electrons.